The molecule has 0 atom stereocenters. The van der Waals surface area contributed by atoms with E-state index in [2.05, 4.69) is 0 Å². The van der Waals surface area contributed by atoms with Crippen LogP contribution < -0.4 is 5.73 Å². The van der Waals surface area contributed by atoms with Crippen LogP contribution in [0.2, 0.25) is 5.02 Å². The van der Waals surface area contributed by atoms with Gasteiger partial charge in [-0.05, 0) is 23.8 Å². The number of hydrogen-bond donors (Lipinski definition) is 2. The molecule has 0 aliphatic heterocycles. The van der Waals surface area contributed by atoms with Crippen LogP contribution in [0.1, 0.15) is 15.9 Å². The van der Waals surface area contributed by atoms with Crippen molar-refractivity contribution in [2.75, 3.05) is 0 Å². The second kappa shape index (κ2) is 4.61. The van der Waals surface area contributed by atoms with Gasteiger partial charge in [-0.25, -0.2) is 4.79 Å². The van der Waals surface area contributed by atoms with Gasteiger partial charge in [-0.15, -0.1) is 0 Å². The molecule has 0 unspecified atom stereocenters. The van der Waals surface area contributed by atoms with Crippen molar-refractivity contribution < 1.29 is 14.7 Å². The zero-order valence-electron chi connectivity index (χ0n) is 7.61. The number of rotatable bonds is 3. The number of nitrogens with two attached hydrogens (primary N) is 1. The number of carbonyl (C=O) groups is 2. The van der Waals surface area contributed by atoms with Crippen LogP contribution in [0.3, 0.4) is 0 Å². The minimum atomic E-state index is -1.05. The number of halogens is 1. The zero-order valence-corrected chi connectivity index (χ0v) is 8.36. The molecular formula is C10H8ClNO3. The highest BCUT2D eigenvalue weighted by Crippen LogP contribution is 2.19. The van der Waals surface area contributed by atoms with Gasteiger partial charge in [-0.3, -0.25) is 4.79 Å². The molecule has 3 N–H and O–H groups in total. The number of hydrogen-bond acceptors (Lipinski definition) is 2. The van der Waals surface area contributed by atoms with Crippen molar-refractivity contribution in [3.8, 4) is 0 Å². The molecule has 0 radical (unpaired) electrons. The van der Waals surface area contributed by atoms with Crippen LogP contribution in [0.5, 0.6) is 0 Å². The van der Waals surface area contributed by atoms with E-state index in [1.807, 2.05) is 0 Å². The summed E-state index contributed by atoms with van der Waals surface area (Å²) in [5, 5.41) is 8.92. The molecule has 0 saturated carbocycles. The maximum Gasteiger partial charge on any atom is 0.335 e. The lowest BCUT2D eigenvalue weighted by atomic mass is 10.1. The monoisotopic (exact) mass is 225 g/mol. The summed E-state index contributed by atoms with van der Waals surface area (Å²) in [6.07, 6.45) is 2.58. The molecule has 1 rings (SSSR count). The van der Waals surface area contributed by atoms with E-state index in [1.165, 1.54) is 24.3 Å². The molecule has 0 aromatic heterocycles. The summed E-state index contributed by atoms with van der Waals surface area (Å²) < 4.78 is 0. The van der Waals surface area contributed by atoms with Crippen molar-refractivity contribution in [3.05, 3.63) is 40.4 Å². The first-order valence-corrected chi connectivity index (χ1v) is 4.39. The van der Waals surface area contributed by atoms with E-state index in [-0.39, 0.29) is 10.6 Å². The lowest BCUT2D eigenvalue weighted by Gasteiger charge is -1.99. The summed E-state index contributed by atoms with van der Waals surface area (Å²) in [6, 6.07) is 4.21. The minimum Gasteiger partial charge on any atom is -0.478 e. The van der Waals surface area contributed by atoms with Gasteiger partial charge in [-0.2, -0.15) is 0 Å². The van der Waals surface area contributed by atoms with Crippen LogP contribution >= 0.6 is 11.6 Å². The third kappa shape index (κ3) is 3.11. The van der Waals surface area contributed by atoms with E-state index in [9.17, 15) is 9.59 Å². The van der Waals surface area contributed by atoms with Crippen molar-refractivity contribution in [2.24, 2.45) is 5.73 Å². The minimum absolute atomic E-state index is 0.0937. The lowest BCUT2D eigenvalue weighted by Crippen LogP contribution is -2.05. The molecule has 0 spiro atoms. The van der Waals surface area contributed by atoms with Crippen molar-refractivity contribution in [1.29, 1.82) is 0 Å². The zero-order chi connectivity index (χ0) is 11.4. The smallest absolute Gasteiger partial charge is 0.335 e. The highest BCUT2D eigenvalue weighted by Gasteiger charge is 2.05. The molecule has 5 heteroatoms. The Morgan fingerprint density at radius 3 is 2.53 bits per heavy atom. The Morgan fingerprint density at radius 2 is 2.07 bits per heavy atom. The number of carboxylic acids is 1. The SMILES string of the molecule is NC(=O)C=Cc1ccc(C(=O)O)cc1Cl. The third-order valence-electron chi connectivity index (χ3n) is 1.67. The van der Waals surface area contributed by atoms with Gasteiger partial charge in [-0.1, -0.05) is 17.7 Å². The van der Waals surface area contributed by atoms with E-state index in [0.29, 0.717) is 5.56 Å². The van der Waals surface area contributed by atoms with Crippen LogP contribution in [0.25, 0.3) is 6.08 Å². The second-order valence-corrected chi connectivity index (χ2v) is 3.18. The third-order valence-corrected chi connectivity index (χ3v) is 2.00. The van der Waals surface area contributed by atoms with E-state index in [0.717, 1.165) is 6.08 Å². The summed E-state index contributed by atoms with van der Waals surface area (Å²) in [7, 11) is 0. The first kappa shape index (κ1) is 11.3. The molecule has 1 amide bonds. The van der Waals surface area contributed by atoms with Crippen molar-refractivity contribution in [2.45, 2.75) is 0 Å². The van der Waals surface area contributed by atoms with Crippen LogP contribution in [0, 0.1) is 0 Å². The second-order valence-electron chi connectivity index (χ2n) is 2.78. The molecule has 0 aliphatic carbocycles. The number of carbonyl (C=O) groups excluding carboxylic acids is 1. The largest absolute Gasteiger partial charge is 0.478 e. The van der Waals surface area contributed by atoms with Gasteiger partial charge in [0.15, 0.2) is 0 Å². The number of aromatic carboxylic acids is 1. The summed E-state index contributed by atoms with van der Waals surface area (Å²) in [6.45, 7) is 0. The van der Waals surface area contributed by atoms with Gasteiger partial charge in [0.2, 0.25) is 5.91 Å². The van der Waals surface area contributed by atoms with Gasteiger partial charge < -0.3 is 10.8 Å². The van der Waals surface area contributed by atoms with Gasteiger partial charge in [0.1, 0.15) is 0 Å². The molecule has 1 aromatic rings. The molecule has 1 aromatic carbocycles. The van der Waals surface area contributed by atoms with Crippen molar-refractivity contribution in [3.63, 3.8) is 0 Å². The van der Waals surface area contributed by atoms with E-state index in [4.69, 9.17) is 22.4 Å². The molecule has 4 nitrogen and oxygen atoms in total. The van der Waals surface area contributed by atoms with E-state index >= 15 is 0 Å². The molecule has 0 saturated heterocycles. The normalized spacial score (nSPS) is 10.5. The fourth-order valence-corrected chi connectivity index (χ4v) is 1.21. The number of primary amides is 1. The topological polar surface area (TPSA) is 80.4 Å². The van der Waals surface area contributed by atoms with Crippen LogP contribution in [-0.2, 0) is 4.79 Å². The number of carboxylic acid groups (broad SMARTS) is 1. The average Bonchev–Trinajstić information content (AvgIpc) is 2.15. The predicted octanol–water partition coefficient (Wildman–Crippen LogP) is 1.54. The molecular weight excluding hydrogens is 218 g/mol. The Bertz CT molecular complexity index is 440. The fraction of sp³-hybridized carbons (Fsp3) is 0. The lowest BCUT2D eigenvalue weighted by molar-refractivity contribution is -0.113. The maximum absolute atomic E-state index is 10.6. The summed E-state index contributed by atoms with van der Waals surface area (Å²) in [5.41, 5.74) is 5.54. The molecule has 0 bridgehead atoms. The van der Waals surface area contributed by atoms with Crippen LogP contribution in [0.4, 0.5) is 0 Å². The maximum atomic E-state index is 10.6. The Hall–Kier alpha value is -1.81. The summed E-state index contributed by atoms with van der Waals surface area (Å²) in [4.78, 5) is 21.0. The average molecular weight is 226 g/mol. The van der Waals surface area contributed by atoms with E-state index < -0.39 is 11.9 Å². The van der Waals surface area contributed by atoms with Gasteiger partial charge >= 0.3 is 5.97 Å². The van der Waals surface area contributed by atoms with E-state index in [1.54, 1.807) is 0 Å². The Balaban J connectivity index is 3.03. The predicted molar refractivity (Wildman–Crippen MR) is 56.6 cm³/mol. The van der Waals surface area contributed by atoms with Crippen molar-refractivity contribution >= 4 is 29.6 Å². The first-order chi connectivity index (χ1) is 7.00. The fourth-order valence-electron chi connectivity index (χ4n) is 0.967. The Labute approximate surface area is 91.0 Å². The highest BCUT2D eigenvalue weighted by molar-refractivity contribution is 6.32. The molecule has 0 aliphatic rings. The Kier molecular flexibility index (Phi) is 3.46. The number of amides is 1. The molecule has 78 valence electrons. The first-order valence-electron chi connectivity index (χ1n) is 4.01. The molecule has 0 heterocycles. The van der Waals surface area contributed by atoms with Gasteiger partial charge in [0, 0.05) is 11.1 Å². The quantitative estimate of drug-likeness (QED) is 0.766. The van der Waals surface area contributed by atoms with Crippen LogP contribution in [-0.4, -0.2) is 17.0 Å². The van der Waals surface area contributed by atoms with Gasteiger partial charge in [0.05, 0.1) is 5.56 Å². The summed E-state index contributed by atoms with van der Waals surface area (Å²) in [5.74, 6) is -1.64. The molecule has 15 heavy (non-hydrogen) atoms. The number of benzene rings is 1. The van der Waals surface area contributed by atoms with Gasteiger partial charge in [0.25, 0.3) is 0 Å². The van der Waals surface area contributed by atoms with Crippen LogP contribution in [0.15, 0.2) is 24.3 Å². The Morgan fingerprint density at radius 1 is 1.40 bits per heavy atom. The summed E-state index contributed by atoms with van der Waals surface area (Å²) >= 11 is 5.79. The highest BCUT2D eigenvalue weighted by atomic mass is 35.5. The molecule has 0 fully saturated rings. The standard InChI is InChI=1S/C10H8ClNO3/c11-8-5-7(10(14)15)2-1-6(8)3-4-9(12)13/h1-5H,(H2,12,13)(H,14,15). The van der Waals surface area contributed by atoms with Crippen molar-refractivity contribution in [1.82, 2.24) is 0 Å².